The van der Waals surface area contributed by atoms with E-state index in [4.69, 9.17) is 12.2 Å². The van der Waals surface area contributed by atoms with Crippen LogP contribution in [0.1, 0.15) is 34.4 Å². The van der Waals surface area contributed by atoms with Gasteiger partial charge in [0.25, 0.3) is 5.56 Å². The largest absolute Gasteiger partial charge is 0.356 e. The van der Waals surface area contributed by atoms with Crippen LogP contribution < -0.4 is 10.5 Å². The van der Waals surface area contributed by atoms with E-state index in [0.29, 0.717) is 12.5 Å². The molecule has 5 nitrogen and oxygen atoms in total. The molecule has 3 aliphatic rings. The Labute approximate surface area is 214 Å². The Kier molecular flexibility index (Phi) is 5.98. The summed E-state index contributed by atoms with van der Waals surface area (Å²) in [5.41, 5.74) is 4.40. The molecule has 0 radical (unpaired) electrons. The average Bonchev–Trinajstić information content (AvgIpc) is 3.32. The predicted molar refractivity (Wildman–Crippen MR) is 145 cm³/mol. The zero-order valence-corrected chi connectivity index (χ0v) is 21.0. The number of thioether (sulfide) groups is 1. The number of anilines is 1. The van der Waals surface area contributed by atoms with Gasteiger partial charge in [0.15, 0.2) is 0 Å². The first-order valence-electron chi connectivity index (χ1n) is 12.2. The van der Waals surface area contributed by atoms with Crippen molar-refractivity contribution in [1.82, 2.24) is 9.47 Å². The van der Waals surface area contributed by atoms with E-state index in [1.807, 2.05) is 64.1 Å². The quantitative estimate of drug-likeness (QED) is 0.490. The maximum absolute atomic E-state index is 13.9. The van der Waals surface area contributed by atoms with Crippen LogP contribution in [0, 0.1) is 5.92 Å². The van der Waals surface area contributed by atoms with Crippen molar-refractivity contribution in [2.24, 2.45) is 5.92 Å². The van der Waals surface area contributed by atoms with Crippen molar-refractivity contribution in [2.45, 2.75) is 30.6 Å². The third kappa shape index (κ3) is 4.21. The second-order valence-electron chi connectivity index (χ2n) is 9.65. The molecule has 0 N–H and O–H groups in total. The minimum atomic E-state index is -0.397. The molecular formula is C28H27N3O2S2. The molecule has 1 saturated heterocycles. The fourth-order valence-corrected chi connectivity index (χ4v) is 7.28. The molecule has 3 aromatic rings. The summed E-state index contributed by atoms with van der Waals surface area (Å²) in [7, 11) is 0. The van der Waals surface area contributed by atoms with E-state index in [2.05, 4.69) is 17.0 Å². The lowest BCUT2D eigenvalue weighted by Gasteiger charge is -2.43. The van der Waals surface area contributed by atoms with Gasteiger partial charge < -0.3 is 14.4 Å². The summed E-state index contributed by atoms with van der Waals surface area (Å²) in [6.07, 6.45) is 1.96. The maximum Gasteiger partial charge on any atom is 0.250 e. The molecule has 1 fully saturated rings. The van der Waals surface area contributed by atoms with E-state index in [1.165, 1.54) is 17.3 Å². The highest BCUT2D eigenvalue weighted by atomic mass is 32.2. The van der Waals surface area contributed by atoms with E-state index < -0.39 is 5.25 Å². The topological polar surface area (TPSA) is 45.6 Å². The van der Waals surface area contributed by atoms with Crippen LogP contribution in [0.2, 0.25) is 0 Å². The van der Waals surface area contributed by atoms with Crippen molar-refractivity contribution in [2.75, 3.05) is 24.5 Å². The van der Waals surface area contributed by atoms with Crippen LogP contribution in [0.25, 0.3) is 0 Å². The maximum atomic E-state index is 13.9. The number of fused-ring (bicyclic) bond motifs is 5. The number of thiocarbonyl (C=S) groups is 1. The highest BCUT2D eigenvalue weighted by molar-refractivity contribution is 8.23. The van der Waals surface area contributed by atoms with Gasteiger partial charge in [-0.1, -0.05) is 78.6 Å². The summed E-state index contributed by atoms with van der Waals surface area (Å²) in [6.45, 7) is 3.05. The highest BCUT2D eigenvalue weighted by Gasteiger charge is 2.38. The van der Waals surface area contributed by atoms with E-state index in [0.717, 1.165) is 53.7 Å². The zero-order valence-electron chi connectivity index (χ0n) is 19.4. The molecule has 6 rings (SSSR count). The second kappa shape index (κ2) is 9.28. The third-order valence-electron chi connectivity index (χ3n) is 7.44. The van der Waals surface area contributed by atoms with Gasteiger partial charge in [0.05, 0.1) is 0 Å². The Balaban J connectivity index is 1.25. The highest BCUT2D eigenvalue weighted by Crippen LogP contribution is 2.40. The van der Waals surface area contributed by atoms with Crippen molar-refractivity contribution in [3.8, 4) is 0 Å². The molecule has 35 heavy (non-hydrogen) atoms. The van der Waals surface area contributed by atoms with Crippen LogP contribution in [0.4, 0.5) is 5.69 Å². The Morgan fingerprint density at radius 1 is 0.943 bits per heavy atom. The number of hydrogen-bond acceptors (Lipinski definition) is 4. The third-order valence-corrected chi connectivity index (χ3v) is 9.15. The normalized spacial score (nSPS) is 21.3. The molecule has 178 valence electrons. The molecule has 1 aromatic heterocycles. The SMILES string of the molecule is O=C([C@H](SC(=S)N1C[C@@H]2C[C@@H](C1)c1cccc(=O)n1C2)c1ccccc1)N1CCc2ccccc21. The van der Waals surface area contributed by atoms with Crippen molar-refractivity contribution in [1.29, 1.82) is 0 Å². The first kappa shape index (κ1) is 22.6. The van der Waals surface area contributed by atoms with Gasteiger partial charge in [0.1, 0.15) is 9.57 Å². The lowest BCUT2D eigenvalue weighted by molar-refractivity contribution is -0.118. The minimum Gasteiger partial charge on any atom is -0.356 e. The van der Waals surface area contributed by atoms with Crippen LogP contribution in [0.5, 0.6) is 0 Å². The van der Waals surface area contributed by atoms with E-state index in [-0.39, 0.29) is 17.4 Å². The first-order chi connectivity index (χ1) is 17.1. The Morgan fingerprint density at radius 2 is 1.74 bits per heavy atom. The van der Waals surface area contributed by atoms with Gasteiger partial charge in [-0.3, -0.25) is 9.59 Å². The molecular weight excluding hydrogens is 474 g/mol. The van der Waals surface area contributed by atoms with Crippen LogP contribution in [-0.2, 0) is 17.8 Å². The lowest BCUT2D eigenvalue weighted by Crippen LogP contribution is -2.48. The summed E-state index contributed by atoms with van der Waals surface area (Å²) in [5, 5.41) is -0.397. The molecule has 0 unspecified atom stereocenters. The zero-order chi connectivity index (χ0) is 23.9. The van der Waals surface area contributed by atoms with Gasteiger partial charge in [-0.15, -0.1) is 0 Å². The summed E-state index contributed by atoms with van der Waals surface area (Å²) in [6, 6.07) is 23.7. The summed E-state index contributed by atoms with van der Waals surface area (Å²) < 4.78 is 2.70. The number of amides is 1. The van der Waals surface area contributed by atoms with Crippen LogP contribution in [0.15, 0.2) is 77.6 Å². The molecule has 1 amide bonds. The van der Waals surface area contributed by atoms with Gasteiger partial charge in [0, 0.05) is 49.5 Å². The first-order valence-corrected chi connectivity index (χ1v) is 13.5. The average molecular weight is 502 g/mol. The minimum absolute atomic E-state index is 0.0857. The molecule has 7 heteroatoms. The van der Waals surface area contributed by atoms with Gasteiger partial charge in [-0.2, -0.15) is 0 Å². The number of carbonyl (C=O) groups is 1. The fraction of sp³-hybridized carbons (Fsp3) is 0.321. The number of likely N-dealkylation sites (tertiary alicyclic amines) is 1. The summed E-state index contributed by atoms with van der Waals surface area (Å²) in [5.74, 6) is 0.755. The Morgan fingerprint density at radius 3 is 2.60 bits per heavy atom. The predicted octanol–water partition coefficient (Wildman–Crippen LogP) is 4.62. The van der Waals surface area contributed by atoms with Crippen molar-refractivity contribution in [3.05, 3.63) is 100.0 Å². The molecule has 3 atom stereocenters. The molecule has 2 aromatic carbocycles. The lowest BCUT2D eigenvalue weighted by atomic mass is 9.83. The van der Waals surface area contributed by atoms with Crippen molar-refractivity contribution < 1.29 is 4.79 Å². The number of rotatable bonds is 3. The number of hydrogen-bond donors (Lipinski definition) is 0. The molecule has 3 aliphatic heterocycles. The van der Waals surface area contributed by atoms with Gasteiger partial charge in [0.2, 0.25) is 5.91 Å². The monoisotopic (exact) mass is 501 g/mol. The Bertz CT molecular complexity index is 1340. The number of carbonyl (C=O) groups excluding carboxylic acids is 1. The smallest absolute Gasteiger partial charge is 0.250 e. The van der Waals surface area contributed by atoms with Gasteiger partial charge in [-0.05, 0) is 42.0 Å². The van der Waals surface area contributed by atoms with Crippen LogP contribution in [-0.4, -0.2) is 39.3 Å². The molecule has 0 aliphatic carbocycles. The van der Waals surface area contributed by atoms with Crippen molar-refractivity contribution >= 4 is 39.9 Å². The van der Waals surface area contributed by atoms with Crippen LogP contribution in [0.3, 0.4) is 0 Å². The van der Waals surface area contributed by atoms with Crippen molar-refractivity contribution in [3.63, 3.8) is 0 Å². The fourth-order valence-electron chi connectivity index (χ4n) is 5.82. The Hall–Kier alpha value is -2.90. The second-order valence-corrected chi connectivity index (χ2v) is 11.4. The number of aromatic nitrogens is 1. The molecule has 0 saturated carbocycles. The van der Waals surface area contributed by atoms with Crippen LogP contribution >= 0.6 is 24.0 Å². The molecule has 4 heterocycles. The molecule has 0 spiro atoms. The van der Waals surface area contributed by atoms with E-state index in [1.54, 1.807) is 6.07 Å². The van der Waals surface area contributed by atoms with E-state index >= 15 is 0 Å². The number of nitrogens with zero attached hydrogens (tertiary/aromatic N) is 3. The van der Waals surface area contributed by atoms with Gasteiger partial charge in [-0.25, -0.2) is 0 Å². The number of pyridine rings is 1. The standard InChI is InChI=1S/C28H27N3O2S2/c32-25-12-6-11-24-22-15-19(17-31(24)25)16-29(18-22)28(34)35-26(21-8-2-1-3-9-21)27(33)30-14-13-20-7-4-5-10-23(20)30/h1-12,19,22,26H,13-18H2/t19-,22-,26+/m0/s1. The summed E-state index contributed by atoms with van der Waals surface area (Å²) >= 11 is 7.47. The molecule has 2 bridgehead atoms. The number of piperidine rings is 1. The van der Waals surface area contributed by atoms with E-state index in [9.17, 15) is 9.59 Å². The van der Waals surface area contributed by atoms with Gasteiger partial charge >= 0.3 is 0 Å². The number of benzene rings is 2. The number of para-hydroxylation sites is 1. The summed E-state index contributed by atoms with van der Waals surface area (Å²) in [4.78, 5) is 30.5.